The summed E-state index contributed by atoms with van der Waals surface area (Å²) < 4.78 is 12.2. The number of carbonyl (C=O) groups is 2. The van der Waals surface area contributed by atoms with Gasteiger partial charge in [0, 0.05) is 12.8 Å². The molecule has 0 bridgehead atoms. The van der Waals surface area contributed by atoms with Crippen molar-refractivity contribution in [2.75, 3.05) is 0 Å². The van der Waals surface area contributed by atoms with Crippen LogP contribution < -0.4 is 0 Å². The molecule has 320 valence electrons. The van der Waals surface area contributed by atoms with Crippen LogP contribution in [-0.2, 0) is 19.1 Å². The molecule has 0 spiro atoms. The van der Waals surface area contributed by atoms with Gasteiger partial charge in [0.1, 0.15) is 6.10 Å². The predicted octanol–water partition coefficient (Wildman–Crippen LogP) is 13.0. The first-order valence-electron chi connectivity index (χ1n) is 24.6. The third-order valence-electron chi connectivity index (χ3n) is 20.5. The van der Waals surface area contributed by atoms with E-state index in [9.17, 15) is 9.59 Å². The van der Waals surface area contributed by atoms with Gasteiger partial charge >= 0.3 is 0 Å². The van der Waals surface area contributed by atoms with Crippen molar-refractivity contribution in [2.24, 2.45) is 80.8 Å². The van der Waals surface area contributed by atoms with E-state index in [1.54, 1.807) is 0 Å². The van der Waals surface area contributed by atoms with Crippen LogP contribution in [0.15, 0.2) is 47.1 Å². The van der Waals surface area contributed by atoms with Crippen LogP contribution in [0, 0.1) is 80.8 Å². The molecule has 4 nitrogen and oxygen atoms in total. The predicted molar refractivity (Wildman–Crippen MR) is 235 cm³/mol. The van der Waals surface area contributed by atoms with Crippen molar-refractivity contribution in [3.63, 3.8) is 0 Å². The van der Waals surface area contributed by atoms with Gasteiger partial charge in [0.2, 0.25) is 0 Å². The van der Waals surface area contributed by atoms with Gasteiger partial charge in [-0.1, -0.05) is 65.3 Å². The Bertz CT molecular complexity index is 1770. The topological polar surface area (TPSA) is 59.2 Å². The maximum Gasteiger partial charge on any atom is 0.156 e. The molecule has 0 aromatic rings. The highest BCUT2D eigenvalue weighted by Crippen LogP contribution is 2.71. The van der Waals surface area contributed by atoms with E-state index in [1.807, 2.05) is 12.2 Å². The smallest absolute Gasteiger partial charge is 0.156 e. The van der Waals surface area contributed by atoms with E-state index >= 15 is 0 Å². The minimum atomic E-state index is 0.127. The number of allylic oxidation sites excluding steroid dienone is 6. The number of fused-ring (bicyclic) bond motifs is 13. The summed E-state index contributed by atoms with van der Waals surface area (Å²) in [5.74, 6) is 8.56. The maximum absolute atomic E-state index is 12.1. The van der Waals surface area contributed by atoms with E-state index in [1.165, 1.54) is 93.8 Å². The fraction of sp³-hybridized carbons (Fsp3) is 0.815. The Morgan fingerprint density at radius 3 is 2.02 bits per heavy atom. The van der Waals surface area contributed by atoms with Crippen LogP contribution in [0.2, 0.25) is 0 Å². The van der Waals surface area contributed by atoms with Gasteiger partial charge in [-0.2, -0.15) is 0 Å². The summed E-state index contributed by atoms with van der Waals surface area (Å²) in [6, 6.07) is 0. The zero-order chi connectivity index (χ0) is 41.2. The highest BCUT2D eigenvalue weighted by molar-refractivity contribution is 5.92. The summed E-state index contributed by atoms with van der Waals surface area (Å²) in [6.45, 7) is 24.1. The number of hydrogen-bond acceptors (Lipinski definition) is 4. The van der Waals surface area contributed by atoms with Crippen molar-refractivity contribution in [3.8, 4) is 0 Å². The highest BCUT2D eigenvalue weighted by Gasteiger charge is 2.69. The molecule has 0 N–H and O–H groups in total. The Morgan fingerprint density at radius 1 is 0.741 bits per heavy atom. The molecule has 2 heterocycles. The summed E-state index contributed by atoms with van der Waals surface area (Å²) in [6.07, 6.45) is 32.2. The minimum absolute atomic E-state index is 0.127. The number of epoxide rings is 2. The molecule has 3 unspecified atom stereocenters. The molecular weight excluding hydrogens is 713 g/mol. The largest absolute Gasteiger partial charge is 0.367 e. The van der Waals surface area contributed by atoms with Crippen LogP contribution in [0.25, 0.3) is 0 Å². The quantitative estimate of drug-likeness (QED) is 0.181. The summed E-state index contributed by atoms with van der Waals surface area (Å²) >= 11 is 0. The molecular formula is C54H80O4. The monoisotopic (exact) mass is 793 g/mol. The Kier molecular flexibility index (Phi) is 10.5. The van der Waals surface area contributed by atoms with E-state index in [0.717, 1.165) is 73.0 Å². The molecule has 17 atom stereocenters. The van der Waals surface area contributed by atoms with Gasteiger partial charge in [-0.25, -0.2) is 0 Å². The molecule has 0 amide bonds. The van der Waals surface area contributed by atoms with Crippen LogP contribution in [0.3, 0.4) is 0 Å². The average molecular weight is 793 g/mol. The van der Waals surface area contributed by atoms with Gasteiger partial charge in [0.05, 0.1) is 17.8 Å². The second-order valence-electron chi connectivity index (χ2n) is 24.0. The molecule has 0 aromatic heterocycles. The average Bonchev–Trinajstić information content (AvgIpc) is 4.00. The molecule has 10 aliphatic rings. The Morgan fingerprint density at radius 2 is 1.34 bits per heavy atom. The SMILES string of the molecule is CC(C)=CCC[C@@H](C)[C@H]1CC[C@H]2[C@@H]3C=CC4=CC(=O)CC[C@]4(C)[C@H]3CC[C@]12C.C[C@H](CCC1OC1(C)C)[C@H]1CC[C@H]2[C@@H]3C4OC4C4=CC(=O)CC[C@]4(C)[C@H]3CC[C@]12C. The van der Waals surface area contributed by atoms with Gasteiger partial charge in [-0.15, -0.1) is 0 Å². The first-order chi connectivity index (χ1) is 27.4. The van der Waals surface area contributed by atoms with Gasteiger partial charge in [0.15, 0.2) is 11.6 Å². The molecule has 0 aromatic carbocycles. The number of ketones is 2. The lowest BCUT2D eigenvalue weighted by Crippen LogP contribution is -2.53. The van der Waals surface area contributed by atoms with Crippen molar-refractivity contribution in [2.45, 2.75) is 196 Å². The van der Waals surface area contributed by atoms with Crippen LogP contribution >= 0.6 is 0 Å². The van der Waals surface area contributed by atoms with E-state index in [0.29, 0.717) is 46.4 Å². The van der Waals surface area contributed by atoms with Crippen molar-refractivity contribution in [1.29, 1.82) is 0 Å². The fourth-order valence-corrected chi connectivity index (χ4v) is 16.9. The van der Waals surface area contributed by atoms with E-state index in [2.05, 4.69) is 87.5 Å². The van der Waals surface area contributed by atoms with Gasteiger partial charge in [-0.05, 0) is 222 Å². The second kappa shape index (κ2) is 14.7. The van der Waals surface area contributed by atoms with Crippen LogP contribution in [0.5, 0.6) is 0 Å². The third-order valence-corrected chi connectivity index (χ3v) is 20.5. The van der Waals surface area contributed by atoms with Crippen molar-refractivity contribution in [3.05, 3.63) is 47.1 Å². The van der Waals surface area contributed by atoms with Gasteiger partial charge in [-0.3, -0.25) is 9.59 Å². The number of ether oxygens (including phenoxy) is 2. The molecule has 0 radical (unpaired) electrons. The number of rotatable bonds is 8. The zero-order valence-corrected chi connectivity index (χ0v) is 38.3. The lowest BCUT2D eigenvalue weighted by molar-refractivity contribution is -0.117. The first kappa shape index (κ1) is 41.6. The lowest BCUT2D eigenvalue weighted by Gasteiger charge is -2.57. The normalized spacial score (nSPS) is 48.5. The standard InChI is InChI=1S/C27H40O3.C27H40O/c1-15(6-9-21-25(2,3)30-21)17-7-8-18-22-19(11-13-26(17,18)4)27(5)12-10-16(28)14-20(27)23-24(22)29-23;1-18(2)7-6-8-19(3)23-11-12-24-22-10-9-20-17-21(28)13-15-26(20,4)25(22)14-16-27(23,24)5/h14-15,17-19,21-24H,6-13H2,1-5H3;7,9-10,17,19,22-25H,6,8,11-16H2,1-5H3/t15-,17-,18+,19+,21?,22+,23?,24?,26-,27-;19-,22+,23-,24+,25+,26+,27-/m11/s1. The van der Waals surface area contributed by atoms with E-state index in [4.69, 9.17) is 9.47 Å². The summed E-state index contributed by atoms with van der Waals surface area (Å²) in [4.78, 5) is 24.1. The van der Waals surface area contributed by atoms with E-state index < -0.39 is 0 Å². The molecule has 5 saturated carbocycles. The molecule has 2 aliphatic heterocycles. The van der Waals surface area contributed by atoms with Crippen LogP contribution in [0.1, 0.15) is 172 Å². The minimum Gasteiger partial charge on any atom is -0.367 e. The second-order valence-corrected chi connectivity index (χ2v) is 24.0. The molecule has 4 heteroatoms. The van der Waals surface area contributed by atoms with Crippen molar-refractivity contribution >= 4 is 11.6 Å². The number of hydrogen-bond donors (Lipinski definition) is 0. The summed E-state index contributed by atoms with van der Waals surface area (Å²) in [7, 11) is 0. The number of carbonyl (C=O) groups excluding carboxylic acids is 2. The van der Waals surface area contributed by atoms with Crippen LogP contribution in [-0.4, -0.2) is 35.5 Å². The molecule has 10 rings (SSSR count). The summed E-state index contributed by atoms with van der Waals surface area (Å²) in [5.41, 5.74) is 5.71. The van der Waals surface area contributed by atoms with Gasteiger partial charge < -0.3 is 9.47 Å². The Hall–Kier alpha value is -1.78. The van der Waals surface area contributed by atoms with Gasteiger partial charge in [0.25, 0.3) is 0 Å². The molecule has 8 aliphatic carbocycles. The lowest BCUT2D eigenvalue weighted by atomic mass is 9.46. The van der Waals surface area contributed by atoms with Crippen LogP contribution in [0.4, 0.5) is 0 Å². The zero-order valence-electron chi connectivity index (χ0n) is 38.3. The Labute approximate surface area is 353 Å². The van der Waals surface area contributed by atoms with E-state index in [-0.39, 0.29) is 22.5 Å². The molecule has 7 fully saturated rings. The Balaban J connectivity index is 0.000000151. The molecule has 58 heavy (non-hydrogen) atoms. The maximum atomic E-state index is 12.1. The summed E-state index contributed by atoms with van der Waals surface area (Å²) in [5, 5.41) is 0. The first-order valence-corrected chi connectivity index (χ1v) is 24.6. The van der Waals surface area contributed by atoms with Crippen molar-refractivity contribution in [1.82, 2.24) is 0 Å². The fourth-order valence-electron chi connectivity index (χ4n) is 16.9. The highest BCUT2D eigenvalue weighted by atomic mass is 16.6. The molecule has 2 saturated heterocycles. The third kappa shape index (κ3) is 6.72. The van der Waals surface area contributed by atoms with Crippen molar-refractivity contribution < 1.29 is 19.1 Å².